The number of hydrogen-bond donors (Lipinski definition) is 2. The largest absolute Gasteiger partial charge is 0.332 e. The Morgan fingerprint density at radius 2 is 1.76 bits per heavy atom. The van der Waals surface area contributed by atoms with E-state index in [9.17, 15) is 4.79 Å². The SMILES string of the molecule is CC(C)(C)C(=O)NC(=S)Nc1ccc(Cl)cc1. The lowest BCUT2D eigenvalue weighted by molar-refractivity contribution is -0.126. The molecule has 0 spiro atoms. The van der Waals surface area contributed by atoms with Crippen molar-refractivity contribution >= 4 is 40.5 Å². The Bertz CT molecular complexity index is 423. The third-order valence-corrected chi connectivity index (χ3v) is 2.47. The Balaban J connectivity index is 2.56. The average molecular weight is 271 g/mol. The number of thiocarbonyl (C=S) groups is 1. The van der Waals surface area contributed by atoms with E-state index >= 15 is 0 Å². The van der Waals surface area contributed by atoms with Gasteiger partial charge in [-0.3, -0.25) is 4.79 Å². The Morgan fingerprint density at radius 1 is 1.24 bits per heavy atom. The molecule has 0 fully saturated rings. The van der Waals surface area contributed by atoms with Crippen molar-refractivity contribution in [2.24, 2.45) is 5.41 Å². The molecule has 0 aliphatic heterocycles. The van der Waals surface area contributed by atoms with E-state index in [0.29, 0.717) is 5.02 Å². The molecule has 0 saturated heterocycles. The van der Waals surface area contributed by atoms with Gasteiger partial charge in [0.2, 0.25) is 5.91 Å². The predicted molar refractivity (Wildman–Crippen MR) is 75.3 cm³/mol. The maximum absolute atomic E-state index is 11.7. The van der Waals surface area contributed by atoms with Crippen molar-refractivity contribution in [1.82, 2.24) is 5.32 Å². The molecule has 17 heavy (non-hydrogen) atoms. The van der Waals surface area contributed by atoms with Crippen LogP contribution < -0.4 is 10.6 Å². The fourth-order valence-corrected chi connectivity index (χ4v) is 1.32. The summed E-state index contributed by atoms with van der Waals surface area (Å²) in [5.41, 5.74) is 0.319. The van der Waals surface area contributed by atoms with Crippen molar-refractivity contribution < 1.29 is 4.79 Å². The predicted octanol–water partition coefficient (Wildman–Crippen LogP) is 3.20. The first-order chi connectivity index (χ1) is 7.79. The highest BCUT2D eigenvalue weighted by Gasteiger charge is 2.21. The van der Waals surface area contributed by atoms with Gasteiger partial charge in [-0.15, -0.1) is 0 Å². The number of halogens is 1. The van der Waals surface area contributed by atoms with Gasteiger partial charge in [0, 0.05) is 16.1 Å². The molecule has 0 aliphatic carbocycles. The van der Waals surface area contributed by atoms with Crippen molar-refractivity contribution in [2.75, 3.05) is 5.32 Å². The summed E-state index contributed by atoms with van der Waals surface area (Å²) in [6.07, 6.45) is 0. The molecule has 1 rings (SSSR count). The summed E-state index contributed by atoms with van der Waals surface area (Å²) in [4.78, 5) is 11.7. The molecule has 0 saturated carbocycles. The number of carbonyl (C=O) groups is 1. The summed E-state index contributed by atoms with van der Waals surface area (Å²) in [5, 5.41) is 6.48. The summed E-state index contributed by atoms with van der Waals surface area (Å²) in [7, 11) is 0. The zero-order valence-corrected chi connectivity index (χ0v) is 11.6. The molecule has 1 amide bonds. The fraction of sp³-hybridized carbons (Fsp3) is 0.333. The lowest BCUT2D eigenvalue weighted by atomic mass is 9.96. The lowest BCUT2D eigenvalue weighted by Gasteiger charge is -2.18. The van der Waals surface area contributed by atoms with E-state index in [0.717, 1.165) is 5.69 Å². The highest BCUT2D eigenvalue weighted by Crippen LogP contribution is 2.14. The molecular formula is C12H15ClN2OS. The fourth-order valence-electron chi connectivity index (χ4n) is 0.986. The Labute approximate surface area is 112 Å². The third kappa shape index (κ3) is 4.71. The third-order valence-electron chi connectivity index (χ3n) is 2.01. The van der Waals surface area contributed by atoms with E-state index < -0.39 is 5.41 Å². The van der Waals surface area contributed by atoms with Crippen LogP contribution in [0.15, 0.2) is 24.3 Å². The number of carbonyl (C=O) groups excluding carboxylic acids is 1. The molecule has 0 aliphatic rings. The van der Waals surface area contributed by atoms with Gasteiger partial charge in [-0.05, 0) is 36.5 Å². The molecule has 1 aromatic rings. The van der Waals surface area contributed by atoms with Crippen LogP contribution >= 0.6 is 23.8 Å². The molecule has 5 heteroatoms. The highest BCUT2D eigenvalue weighted by atomic mass is 35.5. The maximum atomic E-state index is 11.7. The molecular weight excluding hydrogens is 256 g/mol. The van der Waals surface area contributed by atoms with Gasteiger partial charge in [-0.1, -0.05) is 32.4 Å². The monoisotopic (exact) mass is 270 g/mol. The molecule has 0 heterocycles. The van der Waals surface area contributed by atoms with Crippen molar-refractivity contribution in [3.63, 3.8) is 0 Å². The van der Waals surface area contributed by atoms with Crippen LogP contribution in [0, 0.1) is 5.41 Å². The standard InChI is InChI=1S/C12H15ClN2OS/c1-12(2,3)10(16)15-11(17)14-9-6-4-8(13)5-7-9/h4-7H,1-3H3,(H2,14,15,16,17). The second kappa shape index (κ2) is 5.47. The average Bonchev–Trinajstić information content (AvgIpc) is 2.20. The summed E-state index contributed by atoms with van der Waals surface area (Å²) >= 11 is 10.8. The van der Waals surface area contributed by atoms with Gasteiger partial charge in [-0.25, -0.2) is 0 Å². The van der Waals surface area contributed by atoms with Gasteiger partial charge in [0.05, 0.1) is 0 Å². The summed E-state index contributed by atoms with van der Waals surface area (Å²) in [6, 6.07) is 7.08. The van der Waals surface area contributed by atoms with E-state index in [-0.39, 0.29) is 11.0 Å². The van der Waals surface area contributed by atoms with E-state index in [1.807, 2.05) is 20.8 Å². The quantitative estimate of drug-likeness (QED) is 0.770. The van der Waals surface area contributed by atoms with Crippen molar-refractivity contribution in [1.29, 1.82) is 0 Å². The van der Waals surface area contributed by atoms with E-state index in [2.05, 4.69) is 10.6 Å². The zero-order valence-electron chi connectivity index (χ0n) is 10.0. The normalized spacial score (nSPS) is 10.8. The second-order valence-corrected chi connectivity index (χ2v) is 5.51. The number of amides is 1. The van der Waals surface area contributed by atoms with Gasteiger partial charge in [-0.2, -0.15) is 0 Å². The van der Waals surface area contributed by atoms with Crippen LogP contribution in [0.5, 0.6) is 0 Å². The first-order valence-corrected chi connectivity index (χ1v) is 5.95. The number of hydrogen-bond acceptors (Lipinski definition) is 2. The Kier molecular flexibility index (Phi) is 4.48. The Morgan fingerprint density at radius 3 is 2.24 bits per heavy atom. The van der Waals surface area contributed by atoms with E-state index in [1.54, 1.807) is 24.3 Å². The van der Waals surface area contributed by atoms with Crippen LogP contribution in [0.1, 0.15) is 20.8 Å². The number of benzene rings is 1. The van der Waals surface area contributed by atoms with Gasteiger partial charge in [0.25, 0.3) is 0 Å². The van der Waals surface area contributed by atoms with Crippen LogP contribution in [0.25, 0.3) is 0 Å². The molecule has 92 valence electrons. The van der Waals surface area contributed by atoms with Crippen molar-refractivity contribution in [2.45, 2.75) is 20.8 Å². The van der Waals surface area contributed by atoms with Crippen LogP contribution in [-0.2, 0) is 4.79 Å². The minimum Gasteiger partial charge on any atom is -0.332 e. The summed E-state index contributed by atoms with van der Waals surface area (Å²) < 4.78 is 0. The van der Waals surface area contributed by atoms with Crippen LogP contribution in [0.3, 0.4) is 0 Å². The number of nitrogens with one attached hydrogen (secondary N) is 2. The highest BCUT2D eigenvalue weighted by molar-refractivity contribution is 7.80. The molecule has 0 atom stereocenters. The molecule has 2 N–H and O–H groups in total. The number of anilines is 1. The van der Waals surface area contributed by atoms with Crippen LogP contribution in [0.4, 0.5) is 5.69 Å². The Hall–Kier alpha value is -1.13. The topological polar surface area (TPSA) is 41.1 Å². The van der Waals surface area contributed by atoms with Gasteiger partial charge < -0.3 is 10.6 Å². The molecule has 0 bridgehead atoms. The first kappa shape index (κ1) is 13.9. The van der Waals surface area contributed by atoms with E-state index in [4.69, 9.17) is 23.8 Å². The second-order valence-electron chi connectivity index (χ2n) is 4.67. The molecule has 1 aromatic carbocycles. The molecule has 0 aromatic heterocycles. The first-order valence-electron chi connectivity index (χ1n) is 5.17. The summed E-state index contributed by atoms with van der Waals surface area (Å²) in [5.74, 6) is -0.121. The van der Waals surface area contributed by atoms with Gasteiger partial charge >= 0.3 is 0 Å². The smallest absolute Gasteiger partial charge is 0.231 e. The van der Waals surface area contributed by atoms with Gasteiger partial charge in [0.1, 0.15) is 0 Å². The van der Waals surface area contributed by atoms with E-state index in [1.165, 1.54) is 0 Å². The van der Waals surface area contributed by atoms with Crippen molar-refractivity contribution in [3.05, 3.63) is 29.3 Å². The van der Waals surface area contributed by atoms with Gasteiger partial charge in [0.15, 0.2) is 5.11 Å². The number of rotatable bonds is 1. The minimum absolute atomic E-state index is 0.121. The lowest BCUT2D eigenvalue weighted by Crippen LogP contribution is -2.41. The molecule has 0 radical (unpaired) electrons. The van der Waals surface area contributed by atoms with Crippen molar-refractivity contribution in [3.8, 4) is 0 Å². The van der Waals surface area contributed by atoms with Crippen LogP contribution in [0.2, 0.25) is 5.02 Å². The summed E-state index contributed by atoms with van der Waals surface area (Å²) in [6.45, 7) is 5.48. The molecule has 0 unspecified atom stereocenters. The maximum Gasteiger partial charge on any atom is 0.231 e. The van der Waals surface area contributed by atoms with Crippen LogP contribution in [-0.4, -0.2) is 11.0 Å². The minimum atomic E-state index is -0.467. The zero-order chi connectivity index (χ0) is 13.1. The molecule has 3 nitrogen and oxygen atoms in total.